The van der Waals surface area contributed by atoms with E-state index in [0.29, 0.717) is 31.3 Å². The van der Waals surface area contributed by atoms with E-state index < -0.39 is 16.1 Å². The highest BCUT2D eigenvalue weighted by atomic mass is 32.2. The minimum atomic E-state index is -3.29. The molecule has 2 N–H and O–H groups in total. The molecule has 0 bridgehead atoms. The SMILES string of the molecule is CCC(C)c1cc(F)c2cnc(N[C@@H]3CCN(S(=O)(=O)C4CC4)C[C@H]3O)nn12. The van der Waals surface area contributed by atoms with Gasteiger partial charge in [0.2, 0.25) is 16.0 Å². The second kappa shape index (κ2) is 7.23. The molecule has 2 aromatic heterocycles. The first-order valence-corrected chi connectivity index (χ1v) is 11.3. The van der Waals surface area contributed by atoms with Crippen molar-refractivity contribution >= 4 is 21.5 Å². The Morgan fingerprint density at radius 3 is 2.79 bits per heavy atom. The Bertz CT molecular complexity index is 975. The second-order valence-corrected chi connectivity index (χ2v) is 10.0. The second-order valence-electron chi connectivity index (χ2n) is 7.81. The number of piperidine rings is 1. The van der Waals surface area contributed by atoms with Crippen molar-refractivity contribution in [3.8, 4) is 0 Å². The fourth-order valence-corrected chi connectivity index (χ4v) is 5.52. The van der Waals surface area contributed by atoms with Gasteiger partial charge in [-0.15, -0.1) is 5.10 Å². The number of aliphatic hydroxyl groups excluding tert-OH is 1. The van der Waals surface area contributed by atoms with Gasteiger partial charge in [0.05, 0.1) is 23.6 Å². The summed E-state index contributed by atoms with van der Waals surface area (Å²) in [5, 5.41) is 17.7. The molecule has 3 heterocycles. The maximum absolute atomic E-state index is 14.2. The van der Waals surface area contributed by atoms with Crippen molar-refractivity contribution < 1.29 is 17.9 Å². The van der Waals surface area contributed by atoms with Crippen LogP contribution in [0.1, 0.15) is 51.1 Å². The summed E-state index contributed by atoms with van der Waals surface area (Å²) in [4.78, 5) is 4.17. The summed E-state index contributed by atoms with van der Waals surface area (Å²) in [6.07, 6.45) is 3.28. The van der Waals surface area contributed by atoms with Crippen molar-refractivity contribution in [2.24, 2.45) is 0 Å². The Hall–Kier alpha value is -1.78. The maximum atomic E-state index is 14.2. The van der Waals surface area contributed by atoms with Crippen LogP contribution in [0.15, 0.2) is 12.3 Å². The summed E-state index contributed by atoms with van der Waals surface area (Å²) in [5.74, 6) is 0.0666. The van der Waals surface area contributed by atoms with Crippen molar-refractivity contribution in [2.45, 2.75) is 62.8 Å². The van der Waals surface area contributed by atoms with Crippen molar-refractivity contribution in [3.63, 3.8) is 0 Å². The number of anilines is 1. The number of halogens is 1. The van der Waals surface area contributed by atoms with E-state index >= 15 is 0 Å². The smallest absolute Gasteiger partial charge is 0.241 e. The standard InChI is InChI=1S/C18H26FN5O3S/c1-3-11(2)15-8-13(19)16-9-20-18(22-24(15)16)21-14-6-7-23(10-17(14)25)28(26,27)12-4-5-12/h8-9,11-12,14,17,25H,3-7,10H2,1-2H3,(H,21,22)/t11?,14-,17-/m1/s1. The number of fused-ring (bicyclic) bond motifs is 1. The molecular weight excluding hydrogens is 385 g/mol. The van der Waals surface area contributed by atoms with Crippen LogP contribution < -0.4 is 5.32 Å². The largest absolute Gasteiger partial charge is 0.390 e. The minimum Gasteiger partial charge on any atom is -0.390 e. The fourth-order valence-electron chi connectivity index (χ4n) is 3.65. The first-order valence-electron chi connectivity index (χ1n) is 9.79. The quantitative estimate of drug-likeness (QED) is 0.751. The number of hydrogen-bond donors (Lipinski definition) is 2. The lowest BCUT2D eigenvalue weighted by molar-refractivity contribution is 0.0946. The van der Waals surface area contributed by atoms with Crippen LogP contribution >= 0.6 is 0 Å². The number of hydrogen-bond acceptors (Lipinski definition) is 6. The van der Waals surface area contributed by atoms with E-state index in [1.165, 1.54) is 16.6 Å². The molecule has 2 aliphatic rings. The van der Waals surface area contributed by atoms with Gasteiger partial charge in [0, 0.05) is 18.8 Å². The number of aliphatic hydroxyl groups is 1. The van der Waals surface area contributed by atoms with E-state index in [4.69, 9.17) is 0 Å². The van der Waals surface area contributed by atoms with Gasteiger partial charge < -0.3 is 10.4 Å². The van der Waals surface area contributed by atoms with Gasteiger partial charge in [-0.05, 0) is 37.7 Å². The zero-order chi connectivity index (χ0) is 20.1. The lowest BCUT2D eigenvalue weighted by Crippen LogP contribution is -2.52. The molecule has 0 spiro atoms. The Morgan fingerprint density at radius 2 is 2.14 bits per heavy atom. The van der Waals surface area contributed by atoms with Crippen molar-refractivity contribution in [3.05, 3.63) is 23.8 Å². The summed E-state index contributed by atoms with van der Waals surface area (Å²) < 4.78 is 41.8. The molecule has 4 rings (SSSR count). The van der Waals surface area contributed by atoms with Crippen molar-refractivity contribution in [1.29, 1.82) is 0 Å². The molecule has 0 radical (unpaired) electrons. The van der Waals surface area contributed by atoms with Crippen LogP contribution in [-0.4, -0.2) is 62.9 Å². The number of rotatable bonds is 6. The van der Waals surface area contributed by atoms with Gasteiger partial charge in [-0.3, -0.25) is 0 Å². The van der Waals surface area contributed by atoms with E-state index in [-0.39, 0.29) is 35.5 Å². The Balaban J connectivity index is 1.50. The molecule has 1 unspecified atom stereocenters. The number of nitrogens with one attached hydrogen (secondary N) is 1. The normalized spacial score (nSPS) is 25.1. The van der Waals surface area contributed by atoms with Gasteiger partial charge in [-0.1, -0.05) is 13.8 Å². The van der Waals surface area contributed by atoms with Crippen LogP contribution in [-0.2, 0) is 10.0 Å². The number of sulfonamides is 1. The van der Waals surface area contributed by atoms with Gasteiger partial charge in [-0.25, -0.2) is 22.3 Å². The van der Waals surface area contributed by atoms with Crippen molar-refractivity contribution in [2.75, 3.05) is 18.4 Å². The average molecular weight is 412 g/mol. The van der Waals surface area contributed by atoms with Crippen molar-refractivity contribution in [1.82, 2.24) is 18.9 Å². The summed E-state index contributed by atoms with van der Waals surface area (Å²) in [7, 11) is -3.29. The first-order chi connectivity index (χ1) is 13.3. The van der Waals surface area contributed by atoms with Crippen LogP contribution in [0.2, 0.25) is 0 Å². The highest BCUT2D eigenvalue weighted by Crippen LogP contribution is 2.32. The van der Waals surface area contributed by atoms with Crippen LogP contribution in [0.25, 0.3) is 5.52 Å². The highest BCUT2D eigenvalue weighted by Gasteiger charge is 2.43. The number of aromatic nitrogens is 3. The fraction of sp³-hybridized carbons (Fsp3) is 0.667. The van der Waals surface area contributed by atoms with Gasteiger partial charge >= 0.3 is 0 Å². The van der Waals surface area contributed by atoms with Gasteiger partial charge in [0.1, 0.15) is 5.52 Å². The van der Waals surface area contributed by atoms with E-state index in [2.05, 4.69) is 15.4 Å². The molecule has 0 amide bonds. The highest BCUT2D eigenvalue weighted by molar-refractivity contribution is 7.90. The number of nitrogens with zero attached hydrogens (tertiary/aromatic N) is 4. The molecule has 2 fully saturated rings. The molecule has 154 valence electrons. The number of β-amino-alcohol motifs (C(OH)–C–C–N with tert-alkyl or cyclic N) is 1. The molecule has 8 nitrogen and oxygen atoms in total. The molecule has 10 heteroatoms. The Labute approximate surface area is 163 Å². The van der Waals surface area contributed by atoms with E-state index in [0.717, 1.165) is 12.1 Å². The topological polar surface area (TPSA) is 99.8 Å². The average Bonchev–Trinajstić information content (AvgIpc) is 3.48. The predicted molar refractivity (Wildman–Crippen MR) is 103 cm³/mol. The third-order valence-corrected chi connectivity index (χ3v) is 8.14. The molecule has 2 aromatic rings. The van der Waals surface area contributed by atoms with Crippen LogP contribution in [0.4, 0.5) is 10.3 Å². The summed E-state index contributed by atoms with van der Waals surface area (Å²) in [5.41, 5.74) is 1.08. The molecule has 1 saturated heterocycles. The van der Waals surface area contributed by atoms with E-state index in [9.17, 15) is 17.9 Å². The van der Waals surface area contributed by atoms with E-state index in [1.54, 1.807) is 4.52 Å². The molecular formula is C18H26FN5O3S. The first kappa shape index (κ1) is 19.5. The lowest BCUT2D eigenvalue weighted by atomic mass is 10.0. The Kier molecular flexibility index (Phi) is 5.05. The lowest BCUT2D eigenvalue weighted by Gasteiger charge is -2.35. The predicted octanol–water partition coefficient (Wildman–Crippen LogP) is 1.72. The van der Waals surface area contributed by atoms with Gasteiger partial charge in [0.25, 0.3) is 0 Å². The molecule has 1 aliphatic heterocycles. The zero-order valence-electron chi connectivity index (χ0n) is 16.0. The van der Waals surface area contributed by atoms with Crippen LogP contribution in [0.3, 0.4) is 0 Å². The van der Waals surface area contributed by atoms with Gasteiger partial charge in [0.15, 0.2) is 5.82 Å². The minimum absolute atomic E-state index is 0.0645. The third-order valence-electron chi connectivity index (χ3n) is 5.78. The summed E-state index contributed by atoms with van der Waals surface area (Å²) in [6, 6.07) is 1.12. The summed E-state index contributed by atoms with van der Waals surface area (Å²) >= 11 is 0. The molecule has 3 atom stereocenters. The molecule has 28 heavy (non-hydrogen) atoms. The molecule has 0 aromatic carbocycles. The van der Waals surface area contributed by atoms with Crippen LogP contribution in [0.5, 0.6) is 0 Å². The van der Waals surface area contributed by atoms with Crippen LogP contribution in [0, 0.1) is 5.82 Å². The van der Waals surface area contributed by atoms with E-state index in [1.807, 2.05) is 13.8 Å². The Morgan fingerprint density at radius 1 is 1.39 bits per heavy atom. The van der Waals surface area contributed by atoms with Gasteiger partial charge in [-0.2, -0.15) is 4.31 Å². The zero-order valence-corrected chi connectivity index (χ0v) is 16.9. The third kappa shape index (κ3) is 3.48. The summed E-state index contributed by atoms with van der Waals surface area (Å²) in [6.45, 7) is 4.46. The molecule has 1 saturated carbocycles. The maximum Gasteiger partial charge on any atom is 0.241 e. The monoisotopic (exact) mass is 411 g/mol. The molecule has 1 aliphatic carbocycles.